The number of ketones is 1. The first kappa shape index (κ1) is 61.8. The Bertz CT molecular complexity index is 2170. The van der Waals surface area contributed by atoms with Gasteiger partial charge in [0.2, 0.25) is 29.4 Å². The van der Waals surface area contributed by atoms with Crippen molar-refractivity contribution in [3.05, 3.63) is 59.1 Å². The molecule has 2 aromatic rings. The van der Waals surface area contributed by atoms with Crippen LogP contribution in [0, 0.1) is 0 Å². The Morgan fingerprint density at radius 3 is 1.60 bits per heavy atom. The van der Waals surface area contributed by atoms with Crippen LogP contribution in [0.4, 0.5) is 9.59 Å². The van der Waals surface area contributed by atoms with Crippen LogP contribution >= 0.6 is 11.6 Å². The summed E-state index contributed by atoms with van der Waals surface area (Å²) in [5.41, 5.74) is -0.628. The standard InChI is InChI=1S/C51H77ClN8O12/c1-14-15-27-53-46(67)40(61)30(2)56-43(64)37(18-16-17-28-54-47(68)71-50(8,9)10)58-41(62)31(3)57-45(66)39(32(4)70-49(5,6)7)60-44(65)38(29-55-48(69)72-51(11,12)13)59-42(63)35-21-19-33(20-22-35)34-23-25-36(52)26-24-34/h19-26,30-32,37-39H,14-18,27-29H2,1-13H3,(H,53,67)(H,54,68)(H,55,69)(H,56,64)(H,57,66)(H,58,62)(H,59,63)(H,60,65)/t30-,31-,32+,37-,38-,39-/m0/s1. The number of Topliss-reactive ketones (excluding diaryl/α,β-unsaturated/α-hetero) is 1. The molecule has 72 heavy (non-hydrogen) atoms. The Morgan fingerprint density at radius 1 is 0.542 bits per heavy atom. The van der Waals surface area contributed by atoms with Crippen molar-refractivity contribution >= 4 is 65.0 Å². The Labute approximate surface area is 428 Å². The third-order valence-corrected chi connectivity index (χ3v) is 10.4. The number of benzene rings is 2. The van der Waals surface area contributed by atoms with E-state index in [2.05, 4.69) is 42.5 Å². The van der Waals surface area contributed by atoms with Gasteiger partial charge in [-0.15, -0.1) is 0 Å². The first-order chi connectivity index (χ1) is 33.4. The molecule has 2 rings (SSSR count). The number of hydrogen-bond donors (Lipinski definition) is 8. The number of unbranched alkanes of at least 4 members (excludes halogenated alkanes) is 2. The van der Waals surface area contributed by atoms with Gasteiger partial charge in [0, 0.05) is 23.7 Å². The van der Waals surface area contributed by atoms with Gasteiger partial charge in [0.05, 0.1) is 24.3 Å². The molecule has 8 N–H and O–H groups in total. The third-order valence-electron chi connectivity index (χ3n) is 10.1. The number of amides is 8. The zero-order valence-electron chi connectivity index (χ0n) is 44.0. The van der Waals surface area contributed by atoms with E-state index >= 15 is 0 Å². The van der Waals surface area contributed by atoms with E-state index in [0.29, 0.717) is 24.3 Å². The number of alkyl carbamates (subject to hydrolysis) is 2. The molecule has 0 aliphatic carbocycles. The number of carbonyl (C=O) groups is 9. The van der Waals surface area contributed by atoms with Gasteiger partial charge < -0.3 is 56.7 Å². The van der Waals surface area contributed by atoms with Gasteiger partial charge in [-0.05, 0) is 144 Å². The topological polar surface area (TPSA) is 278 Å². The van der Waals surface area contributed by atoms with Gasteiger partial charge in [-0.3, -0.25) is 33.6 Å². The minimum Gasteiger partial charge on any atom is -0.444 e. The summed E-state index contributed by atoms with van der Waals surface area (Å²) in [4.78, 5) is 120. The molecule has 20 nitrogen and oxygen atoms in total. The van der Waals surface area contributed by atoms with Crippen molar-refractivity contribution in [2.75, 3.05) is 19.6 Å². The van der Waals surface area contributed by atoms with E-state index in [4.69, 9.17) is 25.8 Å². The Morgan fingerprint density at radius 2 is 1.06 bits per heavy atom. The van der Waals surface area contributed by atoms with E-state index in [0.717, 1.165) is 17.5 Å². The molecule has 2 aromatic carbocycles. The van der Waals surface area contributed by atoms with E-state index < -0.39 is 113 Å². The third kappa shape index (κ3) is 23.8. The van der Waals surface area contributed by atoms with E-state index in [1.54, 1.807) is 98.7 Å². The summed E-state index contributed by atoms with van der Waals surface area (Å²) in [7, 11) is 0. The molecule has 0 aromatic heterocycles. The highest BCUT2D eigenvalue weighted by Gasteiger charge is 2.36. The van der Waals surface area contributed by atoms with Gasteiger partial charge in [-0.2, -0.15) is 0 Å². The van der Waals surface area contributed by atoms with Crippen molar-refractivity contribution in [3.63, 3.8) is 0 Å². The van der Waals surface area contributed by atoms with Crippen LogP contribution in [0.2, 0.25) is 5.02 Å². The summed E-state index contributed by atoms with van der Waals surface area (Å²) in [6.45, 7) is 21.4. The number of carbonyl (C=O) groups excluding carboxylic acids is 9. The molecule has 400 valence electrons. The van der Waals surface area contributed by atoms with Crippen molar-refractivity contribution in [1.29, 1.82) is 0 Å². The molecule has 0 fully saturated rings. The average Bonchev–Trinajstić information content (AvgIpc) is 3.26. The summed E-state index contributed by atoms with van der Waals surface area (Å²) in [5.74, 6) is -5.84. The van der Waals surface area contributed by atoms with Gasteiger partial charge in [-0.25, -0.2) is 9.59 Å². The maximum atomic E-state index is 14.2. The molecule has 0 aliphatic heterocycles. The average molecular weight is 1030 g/mol. The van der Waals surface area contributed by atoms with Crippen LogP contribution in [0.3, 0.4) is 0 Å². The molecule has 6 atom stereocenters. The molecule has 0 bridgehead atoms. The number of hydrogen-bond acceptors (Lipinski definition) is 12. The molecule has 0 radical (unpaired) electrons. The van der Waals surface area contributed by atoms with Crippen LogP contribution in [-0.2, 0) is 43.0 Å². The largest absolute Gasteiger partial charge is 0.444 e. The molecule has 8 amide bonds. The molecule has 0 saturated heterocycles. The maximum Gasteiger partial charge on any atom is 0.407 e. The van der Waals surface area contributed by atoms with Crippen molar-refractivity contribution < 1.29 is 57.4 Å². The quantitative estimate of drug-likeness (QED) is 0.0483. The number of ether oxygens (including phenoxy) is 3. The Balaban J connectivity index is 2.36. The molecule has 0 saturated carbocycles. The van der Waals surface area contributed by atoms with Crippen molar-refractivity contribution in [1.82, 2.24) is 42.5 Å². The van der Waals surface area contributed by atoms with Crippen LogP contribution in [0.5, 0.6) is 0 Å². The minimum atomic E-state index is -1.50. The zero-order chi connectivity index (χ0) is 54.6. The molecule has 0 heterocycles. The molecule has 0 spiro atoms. The Kier molecular flexibility index (Phi) is 24.6. The van der Waals surface area contributed by atoms with Gasteiger partial charge in [-0.1, -0.05) is 49.2 Å². The second-order valence-corrected chi connectivity index (χ2v) is 20.8. The molecular weight excluding hydrogens is 952 g/mol. The Hall–Kier alpha value is -6.28. The normalized spacial score (nSPS) is 14.1. The lowest BCUT2D eigenvalue weighted by atomic mass is 10.0. The van der Waals surface area contributed by atoms with Crippen LogP contribution < -0.4 is 42.5 Å². The summed E-state index contributed by atoms with van der Waals surface area (Å²) in [6.07, 6.45) is -0.459. The lowest BCUT2D eigenvalue weighted by molar-refractivity contribution is -0.140. The van der Waals surface area contributed by atoms with E-state index in [9.17, 15) is 43.2 Å². The maximum absolute atomic E-state index is 14.2. The van der Waals surface area contributed by atoms with Crippen molar-refractivity contribution in [3.8, 4) is 11.1 Å². The van der Waals surface area contributed by atoms with Crippen molar-refractivity contribution in [2.24, 2.45) is 0 Å². The molecular formula is C51H77ClN8O12. The smallest absolute Gasteiger partial charge is 0.407 e. The molecule has 0 aliphatic rings. The van der Waals surface area contributed by atoms with Gasteiger partial charge >= 0.3 is 12.2 Å². The van der Waals surface area contributed by atoms with Gasteiger partial charge in [0.1, 0.15) is 35.4 Å². The SMILES string of the molecule is CCCCNC(=O)C(=O)[C@H](C)NC(=O)[C@H](CCCCNC(=O)OC(C)(C)C)NC(=O)[C@H](C)NC(=O)[C@@H](NC(=O)[C@H](CNC(=O)OC(C)(C)C)NC(=O)c1ccc(-c2ccc(Cl)cc2)cc1)[C@@H](C)OC(C)(C)C. The first-order valence-corrected chi connectivity index (χ1v) is 24.6. The molecule has 0 unspecified atom stereocenters. The second-order valence-electron chi connectivity index (χ2n) is 20.3. The van der Waals surface area contributed by atoms with Crippen LogP contribution in [0.1, 0.15) is 132 Å². The van der Waals surface area contributed by atoms with E-state index in [1.165, 1.54) is 20.8 Å². The van der Waals surface area contributed by atoms with Gasteiger partial charge in [0.25, 0.3) is 11.8 Å². The number of nitrogens with one attached hydrogen (secondary N) is 8. The second kappa shape index (κ2) is 28.7. The lowest BCUT2D eigenvalue weighted by Crippen LogP contribution is -2.62. The fourth-order valence-electron chi connectivity index (χ4n) is 6.64. The summed E-state index contributed by atoms with van der Waals surface area (Å²) >= 11 is 6.04. The van der Waals surface area contributed by atoms with Crippen molar-refractivity contribution in [2.45, 2.75) is 175 Å². The van der Waals surface area contributed by atoms with Crippen LogP contribution in [0.25, 0.3) is 11.1 Å². The van der Waals surface area contributed by atoms with Gasteiger partial charge in [0.15, 0.2) is 0 Å². The predicted octanol–water partition coefficient (Wildman–Crippen LogP) is 4.99. The highest BCUT2D eigenvalue weighted by atomic mass is 35.5. The predicted molar refractivity (Wildman–Crippen MR) is 273 cm³/mol. The number of rotatable bonds is 25. The first-order valence-electron chi connectivity index (χ1n) is 24.2. The summed E-state index contributed by atoms with van der Waals surface area (Å²) in [6, 6.07) is 6.82. The summed E-state index contributed by atoms with van der Waals surface area (Å²) < 4.78 is 16.7. The fourth-order valence-corrected chi connectivity index (χ4v) is 6.76. The minimum absolute atomic E-state index is 0.0178. The lowest BCUT2D eigenvalue weighted by Gasteiger charge is -2.32. The highest BCUT2D eigenvalue weighted by molar-refractivity contribution is 6.38. The number of halogens is 1. The molecule has 21 heteroatoms. The van der Waals surface area contributed by atoms with Crippen LogP contribution in [0.15, 0.2) is 48.5 Å². The highest BCUT2D eigenvalue weighted by Crippen LogP contribution is 2.22. The van der Waals surface area contributed by atoms with E-state index in [-0.39, 0.29) is 25.1 Å². The summed E-state index contributed by atoms with van der Waals surface area (Å²) in [5, 5.41) is 21.2. The zero-order valence-corrected chi connectivity index (χ0v) is 44.8. The van der Waals surface area contributed by atoms with Crippen LogP contribution in [-0.4, -0.2) is 126 Å². The fraction of sp³-hybridized carbons (Fsp3) is 0.588. The monoisotopic (exact) mass is 1030 g/mol. The van der Waals surface area contributed by atoms with E-state index in [1.807, 2.05) is 19.1 Å².